The van der Waals surface area contributed by atoms with Crippen LogP contribution in [0.5, 0.6) is 0 Å². The molecular weight excluding hydrogens is 290 g/mol. The van der Waals surface area contributed by atoms with Crippen LogP contribution in [0.3, 0.4) is 0 Å². The van der Waals surface area contributed by atoms with Crippen LogP contribution in [-0.4, -0.2) is 42.6 Å². The van der Waals surface area contributed by atoms with Gasteiger partial charge >= 0.3 is 0 Å². The number of aryl methyl sites for hydroxylation is 1. The summed E-state index contributed by atoms with van der Waals surface area (Å²) in [5, 5.41) is 3.09. The fraction of sp³-hybridized carbons (Fsp3) is 0.353. The number of anilines is 3. The Morgan fingerprint density at radius 1 is 1.22 bits per heavy atom. The molecule has 1 amide bonds. The molecule has 0 radical (unpaired) electrons. The summed E-state index contributed by atoms with van der Waals surface area (Å²) in [6, 6.07) is 7.99. The Morgan fingerprint density at radius 3 is 2.65 bits per heavy atom. The molecule has 1 N–H and O–H groups in total. The van der Waals surface area contributed by atoms with E-state index in [1.165, 1.54) is 5.56 Å². The first-order valence-electron chi connectivity index (χ1n) is 7.80. The van der Waals surface area contributed by atoms with Crippen LogP contribution in [0.25, 0.3) is 0 Å². The second-order valence-electron chi connectivity index (χ2n) is 5.68. The van der Waals surface area contributed by atoms with E-state index < -0.39 is 0 Å². The summed E-state index contributed by atoms with van der Waals surface area (Å²) in [6.07, 6.45) is 1.62. The molecule has 0 bridgehead atoms. The van der Waals surface area contributed by atoms with E-state index in [1.807, 2.05) is 50.1 Å². The number of amides is 1. The minimum Gasteiger partial charge on any atom is -0.357 e. The zero-order valence-electron chi connectivity index (χ0n) is 13.7. The number of benzene rings is 1. The van der Waals surface area contributed by atoms with Crippen molar-refractivity contribution in [3.63, 3.8) is 0 Å². The number of aromatic nitrogens is 2. The first kappa shape index (κ1) is 15.3. The van der Waals surface area contributed by atoms with Crippen LogP contribution in [-0.2, 0) is 0 Å². The van der Waals surface area contributed by atoms with Crippen molar-refractivity contribution in [1.82, 2.24) is 9.97 Å². The number of carbonyl (C=O) groups excluding carboxylic acids is 1. The summed E-state index contributed by atoms with van der Waals surface area (Å²) in [5.41, 5.74) is 2.61. The number of nitrogens with zero attached hydrogens (tertiary/aromatic N) is 4. The maximum Gasteiger partial charge on any atom is 0.263 e. The lowest BCUT2D eigenvalue weighted by atomic mass is 10.2. The average Bonchev–Trinajstić information content (AvgIpc) is 2.67. The third-order valence-corrected chi connectivity index (χ3v) is 3.95. The normalized spacial score (nSPS) is 14.5. The van der Waals surface area contributed by atoms with Crippen LogP contribution in [0.15, 0.2) is 30.5 Å². The molecule has 120 valence electrons. The SMILES string of the molecule is CCNc1ncc2c(n1)N(C)CCN(c1ccc(C)cc1)C2=O. The highest BCUT2D eigenvalue weighted by Crippen LogP contribution is 2.26. The quantitative estimate of drug-likeness (QED) is 0.942. The van der Waals surface area contributed by atoms with Gasteiger partial charge in [0.25, 0.3) is 5.91 Å². The minimum absolute atomic E-state index is 0.0590. The molecule has 0 fully saturated rings. The topological polar surface area (TPSA) is 61.4 Å². The van der Waals surface area contributed by atoms with E-state index >= 15 is 0 Å². The van der Waals surface area contributed by atoms with E-state index in [1.54, 1.807) is 11.1 Å². The maximum atomic E-state index is 12.9. The van der Waals surface area contributed by atoms with Crippen molar-refractivity contribution in [2.24, 2.45) is 0 Å². The Labute approximate surface area is 136 Å². The standard InChI is InChI=1S/C17H21N5O/c1-4-18-17-19-11-14-15(20-17)21(3)9-10-22(16(14)23)13-7-5-12(2)6-8-13/h5-8,11H,4,9-10H2,1-3H3,(H,18,19,20). The Balaban J connectivity index is 1.99. The summed E-state index contributed by atoms with van der Waals surface area (Å²) in [7, 11) is 1.95. The number of nitrogens with one attached hydrogen (secondary N) is 1. The van der Waals surface area contributed by atoms with Gasteiger partial charge in [0.05, 0.1) is 0 Å². The molecule has 2 aromatic rings. The third kappa shape index (κ3) is 2.97. The van der Waals surface area contributed by atoms with Gasteiger partial charge in [-0.1, -0.05) is 17.7 Å². The van der Waals surface area contributed by atoms with Gasteiger partial charge in [-0.2, -0.15) is 4.98 Å². The van der Waals surface area contributed by atoms with Crippen LogP contribution in [0.4, 0.5) is 17.5 Å². The number of carbonyl (C=O) groups is 1. The van der Waals surface area contributed by atoms with Crippen molar-refractivity contribution in [3.8, 4) is 0 Å². The van der Waals surface area contributed by atoms with E-state index in [0.29, 0.717) is 23.9 Å². The average molecular weight is 311 g/mol. The zero-order chi connectivity index (χ0) is 16.4. The zero-order valence-corrected chi connectivity index (χ0v) is 13.7. The first-order chi connectivity index (χ1) is 11.1. The number of hydrogen-bond donors (Lipinski definition) is 1. The Morgan fingerprint density at radius 2 is 1.96 bits per heavy atom. The van der Waals surface area contributed by atoms with Crippen molar-refractivity contribution >= 4 is 23.4 Å². The van der Waals surface area contributed by atoms with E-state index in [0.717, 1.165) is 18.8 Å². The summed E-state index contributed by atoms with van der Waals surface area (Å²) < 4.78 is 0. The molecule has 3 rings (SSSR count). The monoisotopic (exact) mass is 311 g/mol. The molecule has 0 spiro atoms. The van der Waals surface area contributed by atoms with Crippen molar-refractivity contribution < 1.29 is 4.79 Å². The lowest BCUT2D eigenvalue weighted by Crippen LogP contribution is -2.33. The number of hydrogen-bond acceptors (Lipinski definition) is 5. The Hall–Kier alpha value is -2.63. The van der Waals surface area contributed by atoms with Crippen molar-refractivity contribution in [3.05, 3.63) is 41.6 Å². The molecule has 0 unspecified atom stereocenters. The second-order valence-corrected chi connectivity index (χ2v) is 5.68. The van der Waals surface area contributed by atoms with E-state index in [2.05, 4.69) is 15.3 Å². The Bertz CT molecular complexity index is 713. The molecule has 1 aromatic heterocycles. The predicted molar refractivity (Wildman–Crippen MR) is 92.3 cm³/mol. The molecule has 1 aliphatic heterocycles. The summed E-state index contributed by atoms with van der Waals surface area (Å²) in [6.45, 7) is 6.10. The molecule has 0 saturated carbocycles. The highest BCUT2D eigenvalue weighted by Gasteiger charge is 2.27. The van der Waals surface area contributed by atoms with Gasteiger partial charge in [0, 0.05) is 38.6 Å². The molecule has 1 aromatic carbocycles. The summed E-state index contributed by atoms with van der Waals surface area (Å²) in [4.78, 5) is 25.5. The minimum atomic E-state index is -0.0590. The number of rotatable bonds is 3. The molecule has 23 heavy (non-hydrogen) atoms. The van der Waals surface area contributed by atoms with Gasteiger partial charge in [-0.3, -0.25) is 4.79 Å². The molecule has 0 aliphatic carbocycles. The van der Waals surface area contributed by atoms with E-state index in [-0.39, 0.29) is 5.91 Å². The lowest BCUT2D eigenvalue weighted by molar-refractivity contribution is 0.0989. The van der Waals surface area contributed by atoms with Gasteiger partial charge in [-0.05, 0) is 26.0 Å². The second kappa shape index (κ2) is 6.24. The van der Waals surface area contributed by atoms with E-state index in [4.69, 9.17) is 0 Å². The van der Waals surface area contributed by atoms with Crippen LogP contribution in [0.2, 0.25) is 0 Å². The predicted octanol–water partition coefficient (Wildman–Crippen LogP) is 2.31. The molecule has 2 heterocycles. The smallest absolute Gasteiger partial charge is 0.263 e. The van der Waals surface area contributed by atoms with Crippen LogP contribution in [0, 0.1) is 6.92 Å². The highest BCUT2D eigenvalue weighted by molar-refractivity contribution is 6.09. The maximum absolute atomic E-state index is 12.9. The van der Waals surface area contributed by atoms with Crippen molar-refractivity contribution in [1.29, 1.82) is 0 Å². The van der Waals surface area contributed by atoms with Crippen molar-refractivity contribution in [2.45, 2.75) is 13.8 Å². The van der Waals surface area contributed by atoms with Crippen molar-refractivity contribution in [2.75, 3.05) is 41.8 Å². The number of fused-ring (bicyclic) bond motifs is 1. The molecule has 6 heteroatoms. The first-order valence-corrected chi connectivity index (χ1v) is 7.80. The van der Waals surface area contributed by atoms with Gasteiger partial charge in [0.2, 0.25) is 5.95 Å². The Kier molecular flexibility index (Phi) is 4.14. The molecule has 0 atom stereocenters. The highest BCUT2D eigenvalue weighted by atomic mass is 16.2. The molecule has 0 saturated heterocycles. The van der Waals surface area contributed by atoms with Crippen LogP contribution in [0.1, 0.15) is 22.8 Å². The fourth-order valence-corrected chi connectivity index (χ4v) is 2.63. The fourth-order valence-electron chi connectivity index (χ4n) is 2.63. The summed E-state index contributed by atoms with van der Waals surface area (Å²) >= 11 is 0. The van der Waals surface area contributed by atoms with Crippen LogP contribution < -0.4 is 15.1 Å². The summed E-state index contributed by atoms with van der Waals surface area (Å²) in [5.74, 6) is 1.17. The largest absolute Gasteiger partial charge is 0.357 e. The van der Waals surface area contributed by atoms with Crippen LogP contribution >= 0.6 is 0 Å². The van der Waals surface area contributed by atoms with Gasteiger partial charge in [0.15, 0.2) is 0 Å². The van der Waals surface area contributed by atoms with Gasteiger partial charge in [-0.15, -0.1) is 0 Å². The molecule has 1 aliphatic rings. The van der Waals surface area contributed by atoms with E-state index in [9.17, 15) is 4.79 Å². The lowest BCUT2D eigenvalue weighted by Gasteiger charge is -2.21. The number of likely N-dealkylation sites (N-methyl/N-ethyl adjacent to an activating group) is 1. The van der Waals surface area contributed by atoms with Gasteiger partial charge < -0.3 is 15.1 Å². The van der Waals surface area contributed by atoms with Gasteiger partial charge in [0.1, 0.15) is 11.4 Å². The van der Waals surface area contributed by atoms with Gasteiger partial charge in [-0.25, -0.2) is 4.98 Å². The molecular formula is C17H21N5O. The molecule has 6 nitrogen and oxygen atoms in total. The third-order valence-electron chi connectivity index (χ3n) is 3.95.